The van der Waals surface area contributed by atoms with Crippen molar-refractivity contribution >= 4 is 34.3 Å². The van der Waals surface area contributed by atoms with Gasteiger partial charge in [0, 0.05) is 10.8 Å². The standard InChI is InChI=1S/C16H14ClN3OS/c1-10-5-6-14-13(7-10)15(21)20(18)16(19-14)22-9-11-3-2-4-12(17)8-11/h2-8H,9,18H2,1H3. The van der Waals surface area contributed by atoms with Gasteiger partial charge in [-0.2, -0.15) is 0 Å². The van der Waals surface area contributed by atoms with Crippen LogP contribution in [0.1, 0.15) is 11.1 Å². The summed E-state index contributed by atoms with van der Waals surface area (Å²) in [4.78, 5) is 16.8. The quantitative estimate of drug-likeness (QED) is 0.454. The Labute approximate surface area is 136 Å². The maximum atomic E-state index is 12.3. The summed E-state index contributed by atoms with van der Waals surface area (Å²) >= 11 is 7.38. The summed E-state index contributed by atoms with van der Waals surface area (Å²) in [6.07, 6.45) is 0. The van der Waals surface area contributed by atoms with Crippen LogP contribution in [0.2, 0.25) is 5.02 Å². The minimum atomic E-state index is -0.234. The van der Waals surface area contributed by atoms with Crippen molar-refractivity contribution in [3.8, 4) is 0 Å². The second-order valence-electron chi connectivity index (χ2n) is 5.01. The monoisotopic (exact) mass is 331 g/mol. The Balaban J connectivity index is 1.96. The Hall–Kier alpha value is -1.98. The summed E-state index contributed by atoms with van der Waals surface area (Å²) in [6, 6.07) is 13.2. The van der Waals surface area contributed by atoms with Crippen molar-refractivity contribution in [2.75, 3.05) is 5.84 Å². The van der Waals surface area contributed by atoms with Crippen molar-refractivity contribution in [1.29, 1.82) is 0 Å². The molecule has 112 valence electrons. The zero-order valence-corrected chi connectivity index (χ0v) is 13.5. The molecule has 0 aliphatic rings. The van der Waals surface area contributed by atoms with Crippen molar-refractivity contribution in [3.05, 3.63) is 69.0 Å². The molecule has 22 heavy (non-hydrogen) atoms. The Morgan fingerprint density at radius 1 is 1.27 bits per heavy atom. The Morgan fingerprint density at radius 2 is 2.09 bits per heavy atom. The number of thioether (sulfide) groups is 1. The first-order chi connectivity index (χ1) is 10.5. The third kappa shape index (κ3) is 2.96. The maximum absolute atomic E-state index is 12.3. The molecule has 0 spiro atoms. The van der Waals surface area contributed by atoms with Gasteiger partial charge < -0.3 is 5.84 Å². The van der Waals surface area contributed by atoms with Crippen LogP contribution in [0.15, 0.2) is 52.4 Å². The van der Waals surface area contributed by atoms with E-state index in [0.29, 0.717) is 26.8 Å². The molecule has 0 atom stereocenters. The van der Waals surface area contributed by atoms with Gasteiger partial charge in [0.1, 0.15) is 0 Å². The highest BCUT2D eigenvalue weighted by Crippen LogP contribution is 2.22. The molecule has 0 unspecified atom stereocenters. The molecule has 0 fully saturated rings. The van der Waals surface area contributed by atoms with Gasteiger partial charge in [-0.15, -0.1) is 0 Å². The minimum absolute atomic E-state index is 0.234. The average Bonchev–Trinajstić information content (AvgIpc) is 2.50. The minimum Gasteiger partial charge on any atom is -0.334 e. The maximum Gasteiger partial charge on any atom is 0.280 e. The highest BCUT2D eigenvalue weighted by molar-refractivity contribution is 7.98. The summed E-state index contributed by atoms with van der Waals surface area (Å²) in [6.45, 7) is 1.93. The number of hydrogen-bond donors (Lipinski definition) is 1. The fourth-order valence-electron chi connectivity index (χ4n) is 2.17. The molecule has 0 radical (unpaired) electrons. The first-order valence-corrected chi connectivity index (χ1v) is 8.07. The molecule has 0 saturated heterocycles. The summed E-state index contributed by atoms with van der Waals surface area (Å²) in [5, 5.41) is 1.71. The van der Waals surface area contributed by atoms with E-state index in [1.165, 1.54) is 11.8 Å². The highest BCUT2D eigenvalue weighted by atomic mass is 35.5. The largest absolute Gasteiger partial charge is 0.334 e. The van der Waals surface area contributed by atoms with Crippen LogP contribution < -0.4 is 11.4 Å². The van der Waals surface area contributed by atoms with Crippen molar-refractivity contribution in [3.63, 3.8) is 0 Å². The number of fused-ring (bicyclic) bond motifs is 1. The van der Waals surface area contributed by atoms with Gasteiger partial charge in [-0.25, -0.2) is 9.66 Å². The van der Waals surface area contributed by atoms with E-state index in [2.05, 4.69) is 4.98 Å². The van der Waals surface area contributed by atoms with E-state index in [9.17, 15) is 4.79 Å². The second-order valence-corrected chi connectivity index (χ2v) is 6.39. The normalized spacial score (nSPS) is 11.0. The number of hydrogen-bond acceptors (Lipinski definition) is 4. The van der Waals surface area contributed by atoms with Gasteiger partial charge in [0.25, 0.3) is 5.56 Å². The third-order valence-corrected chi connectivity index (χ3v) is 4.54. The van der Waals surface area contributed by atoms with Crippen LogP contribution in [0, 0.1) is 6.92 Å². The van der Waals surface area contributed by atoms with Crippen molar-refractivity contribution in [1.82, 2.24) is 9.66 Å². The lowest BCUT2D eigenvalue weighted by molar-refractivity contribution is 0.779. The van der Waals surface area contributed by atoms with Gasteiger partial charge in [0.2, 0.25) is 0 Å². The molecule has 0 bridgehead atoms. The van der Waals surface area contributed by atoms with E-state index in [1.807, 2.05) is 43.3 Å². The zero-order chi connectivity index (χ0) is 15.7. The van der Waals surface area contributed by atoms with Crippen molar-refractivity contribution in [2.45, 2.75) is 17.8 Å². The van der Waals surface area contributed by atoms with E-state index in [-0.39, 0.29) is 5.56 Å². The SMILES string of the molecule is Cc1ccc2nc(SCc3cccc(Cl)c3)n(N)c(=O)c2c1. The molecule has 0 aliphatic carbocycles. The van der Waals surface area contributed by atoms with Gasteiger partial charge in [0.05, 0.1) is 10.9 Å². The topological polar surface area (TPSA) is 60.9 Å². The molecular weight excluding hydrogens is 318 g/mol. The average molecular weight is 332 g/mol. The van der Waals surface area contributed by atoms with Crippen molar-refractivity contribution in [2.24, 2.45) is 0 Å². The van der Waals surface area contributed by atoms with Crippen LogP contribution in [0.25, 0.3) is 10.9 Å². The van der Waals surface area contributed by atoms with E-state index in [0.717, 1.165) is 15.8 Å². The lowest BCUT2D eigenvalue weighted by Crippen LogP contribution is -2.29. The molecule has 4 nitrogen and oxygen atoms in total. The number of aromatic nitrogens is 2. The number of nitrogen functional groups attached to an aromatic ring is 1. The molecule has 3 aromatic rings. The number of halogens is 1. The van der Waals surface area contributed by atoms with Gasteiger partial charge in [-0.05, 0) is 36.8 Å². The molecular formula is C16H14ClN3OS. The van der Waals surface area contributed by atoms with Crippen LogP contribution in [0.5, 0.6) is 0 Å². The van der Waals surface area contributed by atoms with Crippen molar-refractivity contribution < 1.29 is 0 Å². The number of nitrogens with zero attached hydrogens (tertiary/aromatic N) is 2. The third-order valence-electron chi connectivity index (χ3n) is 3.28. The Kier molecular flexibility index (Phi) is 4.09. The Morgan fingerprint density at radius 3 is 2.86 bits per heavy atom. The molecule has 0 aliphatic heterocycles. The summed E-state index contributed by atoms with van der Waals surface area (Å²) < 4.78 is 1.11. The molecule has 1 heterocycles. The lowest BCUT2D eigenvalue weighted by Gasteiger charge is -2.09. The van der Waals surface area contributed by atoms with E-state index < -0.39 is 0 Å². The van der Waals surface area contributed by atoms with Crippen LogP contribution in [0.3, 0.4) is 0 Å². The molecule has 2 N–H and O–H groups in total. The van der Waals surface area contributed by atoms with Crippen LogP contribution in [-0.4, -0.2) is 9.66 Å². The van der Waals surface area contributed by atoms with Crippen LogP contribution >= 0.6 is 23.4 Å². The predicted molar refractivity (Wildman–Crippen MR) is 91.9 cm³/mol. The van der Waals surface area contributed by atoms with E-state index in [4.69, 9.17) is 17.4 Å². The first-order valence-electron chi connectivity index (χ1n) is 6.70. The van der Waals surface area contributed by atoms with Gasteiger partial charge in [-0.1, -0.05) is 47.1 Å². The lowest BCUT2D eigenvalue weighted by atomic mass is 10.2. The highest BCUT2D eigenvalue weighted by Gasteiger charge is 2.10. The summed E-state index contributed by atoms with van der Waals surface area (Å²) in [5.41, 5.74) is 2.48. The zero-order valence-electron chi connectivity index (χ0n) is 11.9. The van der Waals surface area contributed by atoms with E-state index in [1.54, 1.807) is 6.07 Å². The van der Waals surface area contributed by atoms with E-state index >= 15 is 0 Å². The molecule has 0 saturated carbocycles. The number of benzene rings is 2. The number of rotatable bonds is 3. The molecule has 3 rings (SSSR count). The first kappa shape index (κ1) is 14.9. The van der Waals surface area contributed by atoms with Gasteiger partial charge in [-0.3, -0.25) is 4.79 Å². The van der Waals surface area contributed by atoms with Gasteiger partial charge >= 0.3 is 0 Å². The molecule has 0 amide bonds. The van der Waals surface area contributed by atoms with Crippen LogP contribution in [0.4, 0.5) is 0 Å². The smallest absolute Gasteiger partial charge is 0.280 e. The molecule has 2 aromatic carbocycles. The fourth-order valence-corrected chi connectivity index (χ4v) is 3.24. The summed E-state index contributed by atoms with van der Waals surface area (Å²) in [5.74, 6) is 6.53. The van der Waals surface area contributed by atoms with Crippen LogP contribution in [-0.2, 0) is 5.75 Å². The second kappa shape index (κ2) is 6.02. The Bertz CT molecular complexity index is 908. The molecule has 6 heteroatoms. The predicted octanol–water partition coefficient (Wildman–Crippen LogP) is 3.36. The molecule has 1 aromatic heterocycles. The summed E-state index contributed by atoms with van der Waals surface area (Å²) in [7, 11) is 0. The number of aryl methyl sites for hydroxylation is 1. The number of nitrogens with two attached hydrogens (primary N) is 1. The van der Waals surface area contributed by atoms with Gasteiger partial charge in [0.15, 0.2) is 5.16 Å². The fraction of sp³-hybridized carbons (Fsp3) is 0.125.